The molecule has 2 aromatic carbocycles. The summed E-state index contributed by atoms with van der Waals surface area (Å²) in [5.74, 6) is -1.72. The lowest BCUT2D eigenvalue weighted by Crippen LogP contribution is -2.29. The first-order valence-corrected chi connectivity index (χ1v) is 9.76. The van der Waals surface area contributed by atoms with Crippen LogP contribution in [0.4, 0.5) is 18.9 Å². The number of alkyl halides is 3. The van der Waals surface area contributed by atoms with E-state index in [1.165, 1.54) is 18.2 Å². The number of rotatable bonds is 5. The fourth-order valence-corrected chi connectivity index (χ4v) is 4.07. The summed E-state index contributed by atoms with van der Waals surface area (Å²) >= 11 is 11.7. The van der Waals surface area contributed by atoms with Crippen molar-refractivity contribution in [1.82, 2.24) is 0 Å². The van der Waals surface area contributed by atoms with E-state index in [0.29, 0.717) is 5.56 Å². The Morgan fingerprint density at radius 3 is 2.63 bits per heavy atom. The highest BCUT2D eigenvalue weighted by molar-refractivity contribution is 8.27. The zero-order valence-electron chi connectivity index (χ0n) is 14.8. The molecule has 0 radical (unpaired) electrons. The maximum Gasteiger partial charge on any atom is 0.418 e. The van der Waals surface area contributed by atoms with Gasteiger partial charge >= 0.3 is 12.1 Å². The molecule has 0 aliphatic carbocycles. The van der Waals surface area contributed by atoms with Crippen molar-refractivity contribution in [3.63, 3.8) is 0 Å². The number of para-hydroxylation sites is 1. The average Bonchev–Trinajstić information content (AvgIpc) is 2.94. The van der Waals surface area contributed by atoms with E-state index in [9.17, 15) is 22.8 Å². The Hall–Kier alpha value is -2.56. The summed E-state index contributed by atoms with van der Waals surface area (Å²) in [6.45, 7) is -0.592. The molecule has 1 heterocycles. The van der Waals surface area contributed by atoms with Gasteiger partial charge in [0.25, 0.3) is 5.91 Å². The first-order valence-electron chi connectivity index (χ1n) is 8.16. The van der Waals surface area contributed by atoms with Crippen molar-refractivity contribution in [3.8, 4) is 5.75 Å². The molecular weight excluding hydrogens is 463 g/mol. The summed E-state index contributed by atoms with van der Waals surface area (Å²) in [6.07, 6.45) is -3.36. The number of carboxylic acid groups (broad SMARTS) is 1. The van der Waals surface area contributed by atoms with Crippen molar-refractivity contribution in [2.45, 2.75) is 6.18 Å². The van der Waals surface area contributed by atoms with Gasteiger partial charge in [-0.1, -0.05) is 53.8 Å². The molecular formula is C19H11ClF3NO4S2. The van der Waals surface area contributed by atoms with Gasteiger partial charge in [0.2, 0.25) is 0 Å². The highest BCUT2D eigenvalue weighted by atomic mass is 35.5. The molecule has 5 nitrogen and oxygen atoms in total. The van der Waals surface area contributed by atoms with Gasteiger partial charge < -0.3 is 9.84 Å². The molecule has 0 saturated carbocycles. The van der Waals surface area contributed by atoms with Crippen LogP contribution in [-0.4, -0.2) is 27.9 Å². The highest BCUT2D eigenvalue weighted by Gasteiger charge is 2.41. The monoisotopic (exact) mass is 473 g/mol. The van der Waals surface area contributed by atoms with E-state index >= 15 is 0 Å². The minimum atomic E-state index is -4.75. The van der Waals surface area contributed by atoms with Gasteiger partial charge in [-0.05, 0) is 30.3 Å². The lowest BCUT2D eigenvalue weighted by molar-refractivity contribution is -0.139. The van der Waals surface area contributed by atoms with Crippen LogP contribution in [0.15, 0.2) is 47.4 Å². The Balaban J connectivity index is 1.99. The second-order valence-electron chi connectivity index (χ2n) is 5.90. The number of thiocarbonyl (C=S) groups is 1. The molecule has 2 aromatic rings. The van der Waals surface area contributed by atoms with Gasteiger partial charge in [0, 0.05) is 10.6 Å². The van der Waals surface area contributed by atoms with Gasteiger partial charge in [0.15, 0.2) is 10.9 Å². The zero-order chi connectivity index (χ0) is 22.1. The van der Waals surface area contributed by atoms with Gasteiger partial charge in [0.1, 0.15) is 5.75 Å². The third kappa shape index (κ3) is 4.77. The van der Waals surface area contributed by atoms with Crippen molar-refractivity contribution in [3.05, 3.63) is 63.5 Å². The zero-order valence-corrected chi connectivity index (χ0v) is 17.2. The van der Waals surface area contributed by atoms with Crippen molar-refractivity contribution < 1.29 is 32.6 Å². The van der Waals surface area contributed by atoms with E-state index in [4.69, 9.17) is 33.7 Å². The summed E-state index contributed by atoms with van der Waals surface area (Å²) in [4.78, 5) is 24.5. The second-order valence-corrected chi connectivity index (χ2v) is 8.01. The molecule has 0 bridgehead atoms. The summed E-state index contributed by atoms with van der Waals surface area (Å²) in [5, 5.41) is 8.65. The van der Waals surface area contributed by atoms with Crippen LogP contribution < -0.4 is 9.64 Å². The molecule has 0 aromatic heterocycles. The number of nitrogens with zero attached hydrogens (tertiary/aromatic N) is 1. The number of halogens is 4. The summed E-state index contributed by atoms with van der Waals surface area (Å²) < 4.78 is 45.5. The molecule has 1 aliphatic heterocycles. The number of carboxylic acids is 1. The number of ether oxygens (including phenoxy) is 1. The Morgan fingerprint density at radius 1 is 1.27 bits per heavy atom. The third-order valence-electron chi connectivity index (χ3n) is 3.86. The van der Waals surface area contributed by atoms with Gasteiger partial charge in [0.05, 0.1) is 16.2 Å². The molecule has 11 heteroatoms. The molecule has 30 heavy (non-hydrogen) atoms. The van der Waals surface area contributed by atoms with Crippen molar-refractivity contribution in [1.29, 1.82) is 0 Å². The summed E-state index contributed by atoms with van der Waals surface area (Å²) in [6, 6.07) is 9.40. The Bertz CT molecular complexity index is 1070. The van der Waals surface area contributed by atoms with Crippen LogP contribution in [0.2, 0.25) is 5.02 Å². The fourth-order valence-electron chi connectivity index (χ4n) is 2.62. The first-order chi connectivity index (χ1) is 14.1. The van der Waals surface area contributed by atoms with Crippen LogP contribution in [0, 0.1) is 0 Å². The van der Waals surface area contributed by atoms with Crippen molar-refractivity contribution >= 4 is 63.5 Å². The largest absolute Gasteiger partial charge is 0.481 e. The number of aliphatic carboxylic acids is 1. The first kappa shape index (κ1) is 22.1. The van der Waals surface area contributed by atoms with Crippen molar-refractivity contribution in [2.24, 2.45) is 0 Å². The van der Waals surface area contributed by atoms with E-state index in [1.54, 1.807) is 18.2 Å². The number of hydrogen-bond acceptors (Lipinski definition) is 5. The SMILES string of the molecule is O=C(O)COc1ccccc1/C=C1/SC(=S)N(c2ccc(Cl)cc2C(F)(F)F)C1=O. The second kappa shape index (κ2) is 8.66. The predicted molar refractivity (Wildman–Crippen MR) is 112 cm³/mol. The Labute approximate surface area is 183 Å². The van der Waals surface area contributed by atoms with Crippen LogP contribution in [-0.2, 0) is 15.8 Å². The standard InChI is InChI=1S/C19H11ClF3NO4S2/c20-11-5-6-13(12(8-11)19(21,22)23)24-17(27)15(30-18(24)29)7-10-3-1-2-4-14(10)28-9-16(25)26/h1-8H,9H2,(H,25,26)/b15-7+. The molecule has 3 rings (SSSR count). The van der Waals surface area contributed by atoms with Gasteiger partial charge in [-0.15, -0.1) is 0 Å². The minimum absolute atomic E-state index is 0.0643. The Morgan fingerprint density at radius 2 is 1.97 bits per heavy atom. The molecule has 1 fully saturated rings. The number of benzene rings is 2. The van der Waals surface area contributed by atoms with Gasteiger partial charge in [-0.2, -0.15) is 13.2 Å². The van der Waals surface area contributed by atoms with E-state index in [-0.39, 0.29) is 20.0 Å². The van der Waals surface area contributed by atoms with E-state index in [1.807, 2.05) is 0 Å². The highest BCUT2D eigenvalue weighted by Crippen LogP contribution is 2.43. The third-order valence-corrected chi connectivity index (χ3v) is 5.39. The van der Waals surface area contributed by atoms with Gasteiger partial charge in [-0.25, -0.2) is 4.79 Å². The molecule has 1 aliphatic rings. The number of carbonyl (C=O) groups excluding carboxylic acids is 1. The number of carbonyl (C=O) groups is 2. The maximum absolute atomic E-state index is 13.5. The average molecular weight is 474 g/mol. The number of anilines is 1. The molecule has 1 saturated heterocycles. The topological polar surface area (TPSA) is 66.8 Å². The number of hydrogen-bond donors (Lipinski definition) is 1. The van der Waals surface area contributed by atoms with Crippen LogP contribution in [0.1, 0.15) is 11.1 Å². The van der Waals surface area contributed by atoms with E-state index < -0.39 is 35.9 Å². The lowest BCUT2D eigenvalue weighted by Gasteiger charge is -2.20. The van der Waals surface area contributed by atoms with E-state index in [2.05, 4.69) is 0 Å². The molecule has 1 N–H and O–H groups in total. The summed E-state index contributed by atoms with van der Waals surface area (Å²) in [5.41, 5.74) is -1.13. The molecule has 0 unspecified atom stereocenters. The molecule has 1 amide bonds. The molecule has 0 atom stereocenters. The predicted octanol–water partition coefficient (Wildman–Crippen LogP) is 5.23. The maximum atomic E-state index is 13.5. The van der Waals surface area contributed by atoms with Crippen LogP contribution in [0.5, 0.6) is 5.75 Å². The normalized spacial score (nSPS) is 15.7. The number of thioether (sulfide) groups is 1. The number of amides is 1. The molecule has 0 spiro atoms. The Kier molecular flexibility index (Phi) is 6.39. The van der Waals surface area contributed by atoms with Crippen LogP contribution >= 0.6 is 35.6 Å². The summed E-state index contributed by atoms with van der Waals surface area (Å²) in [7, 11) is 0. The van der Waals surface area contributed by atoms with Crippen molar-refractivity contribution in [2.75, 3.05) is 11.5 Å². The fraction of sp³-hybridized carbons (Fsp3) is 0.105. The van der Waals surface area contributed by atoms with Crippen LogP contribution in [0.25, 0.3) is 6.08 Å². The quantitative estimate of drug-likeness (QED) is 0.474. The molecule has 156 valence electrons. The smallest absolute Gasteiger partial charge is 0.418 e. The lowest BCUT2D eigenvalue weighted by atomic mass is 10.1. The minimum Gasteiger partial charge on any atom is -0.481 e. The van der Waals surface area contributed by atoms with E-state index in [0.717, 1.165) is 28.8 Å². The van der Waals surface area contributed by atoms with Crippen LogP contribution in [0.3, 0.4) is 0 Å². The van der Waals surface area contributed by atoms with Gasteiger partial charge in [-0.3, -0.25) is 9.69 Å².